The van der Waals surface area contributed by atoms with Gasteiger partial charge in [0, 0.05) is 11.6 Å². The van der Waals surface area contributed by atoms with Gasteiger partial charge in [-0.2, -0.15) is 0 Å². The summed E-state index contributed by atoms with van der Waals surface area (Å²) in [6, 6.07) is 6.56. The normalized spacial score (nSPS) is 12.1. The van der Waals surface area contributed by atoms with Gasteiger partial charge >= 0.3 is 0 Å². The Bertz CT molecular complexity index is 346. The van der Waals surface area contributed by atoms with E-state index in [2.05, 4.69) is 12.2 Å². The van der Waals surface area contributed by atoms with Crippen molar-refractivity contribution >= 4 is 11.6 Å². The minimum absolute atomic E-state index is 0.0756. The third-order valence-electron chi connectivity index (χ3n) is 2.90. The molecule has 0 aliphatic rings. The SMILES string of the molecule is CCCC[C@@H](CC)C(=O)Nc1ccc(O)cc1. The van der Waals surface area contributed by atoms with Crippen molar-refractivity contribution in [3.63, 3.8) is 0 Å². The maximum absolute atomic E-state index is 12.0. The predicted octanol–water partition coefficient (Wildman–Crippen LogP) is 3.55. The smallest absolute Gasteiger partial charge is 0.227 e. The molecule has 0 saturated heterocycles. The Kier molecular flexibility index (Phi) is 5.53. The van der Waals surface area contributed by atoms with E-state index in [1.54, 1.807) is 24.3 Å². The van der Waals surface area contributed by atoms with Gasteiger partial charge in [0.15, 0.2) is 0 Å². The topological polar surface area (TPSA) is 49.3 Å². The van der Waals surface area contributed by atoms with E-state index < -0.39 is 0 Å². The zero-order chi connectivity index (χ0) is 12.7. The van der Waals surface area contributed by atoms with Gasteiger partial charge in [0.2, 0.25) is 5.91 Å². The van der Waals surface area contributed by atoms with Gasteiger partial charge in [-0.25, -0.2) is 0 Å². The Morgan fingerprint density at radius 1 is 1.29 bits per heavy atom. The fourth-order valence-electron chi connectivity index (χ4n) is 1.76. The second kappa shape index (κ2) is 6.94. The van der Waals surface area contributed by atoms with Crippen molar-refractivity contribution in [1.29, 1.82) is 0 Å². The number of benzene rings is 1. The molecule has 17 heavy (non-hydrogen) atoms. The van der Waals surface area contributed by atoms with Crippen molar-refractivity contribution in [2.45, 2.75) is 39.5 Å². The average Bonchev–Trinajstić information content (AvgIpc) is 2.33. The molecular formula is C14H21NO2. The van der Waals surface area contributed by atoms with Crippen molar-refractivity contribution in [1.82, 2.24) is 0 Å². The van der Waals surface area contributed by atoms with Crippen LogP contribution in [0.5, 0.6) is 5.75 Å². The molecule has 0 heterocycles. The van der Waals surface area contributed by atoms with Crippen molar-refractivity contribution < 1.29 is 9.90 Å². The van der Waals surface area contributed by atoms with E-state index in [1.165, 1.54) is 0 Å². The molecule has 0 spiro atoms. The summed E-state index contributed by atoms with van der Waals surface area (Å²) < 4.78 is 0. The fraction of sp³-hybridized carbons (Fsp3) is 0.500. The summed E-state index contributed by atoms with van der Waals surface area (Å²) in [6.45, 7) is 4.17. The quantitative estimate of drug-likeness (QED) is 0.741. The summed E-state index contributed by atoms with van der Waals surface area (Å²) in [7, 11) is 0. The third-order valence-corrected chi connectivity index (χ3v) is 2.90. The number of unbranched alkanes of at least 4 members (excludes halogenated alkanes) is 1. The highest BCUT2D eigenvalue weighted by molar-refractivity contribution is 5.92. The molecule has 0 radical (unpaired) electrons. The highest BCUT2D eigenvalue weighted by Crippen LogP contribution is 2.18. The molecule has 1 rings (SSSR count). The lowest BCUT2D eigenvalue weighted by atomic mass is 9.98. The summed E-state index contributed by atoms with van der Waals surface area (Å²) in [5.74, 6) is 0.372. The van der Waals surface area contributed by atoms with E-state index in [1.807, 2.05) is 6.92 Å². The molecule has 0 aliphatic carbocycles. The summed E-state index contributed by atoms with van der Waals surface area (Å²) in [4.78, 5) is 12.0. The van der Waals surface area contributed by atoms with Gasteiger partial charge in [0.1, 0.15) is 5.75 Å². The van der Waals surface area contributed by atoms with Gasteiger partial charge in [0.05, 0.1) is 0 Å². The lowest BCUT2D eigenvalue weighted by molar-refractivity contribution is -0.120. The number of hydrogen-bond donors (Lipinski definition) is 2. The number of nitrogens with one attached hydrogen (secondary N) is 1. The summed E-state index contributed by atoms with van der Waals surface area (Å²) in [5.41, 5.74) is 0.739. The summed E-state index contributed by atoms with van der Waals surface area (Å²) in [5, 5.41) is 12.0. The largest absolute Gasteiger partial charge is 0.508 e. The minimum atomic E-state index is 0.0756. The van der Waals surface area contributed by atoms with Crippen LogP contribution in [-0.2, 0) is 4.79 Å². The lowest BCUT2D eigenvalue weighted by Gasteiger charge is -2.14. The van der Waals surface area contributed by atoms with Gasteiger partial charge in [0.25, 0.3) is 0 Å². The number of phenols is 1. The Hall–Kier alpha value is -1.51. The highest BCUT2D eigenvalue weighted by atomic mass is 16.3. The van der Waals surface area contributed by atoms with Crippen LogP contribution in [0, 0.1) is 5.92 Å². The van der Waals surface area contributed by atoms with Gasteiger partial charge in [-0.3, -0.25) is 4.79 Å². The maximum atomic E-state index is 12.0. The van der Waals surface area contributed by atoms with Crippen molar-refractivity contribution in [3.8, 4) is 5.75 Å². The van der Waals surface area contributed by atoms with Crippen molar-refractivity contribution in [3.05, 3.63) is 24.3 Å². The summed E-state index contributed by atoms with van der Waals surface area (Å²) in [6.07, 6.45) is 4.01. The average molecular weight is 235 g/mol. The molecule has 0 unspecified atom stereocenters. The second-order valence-electron chi connectivity index (χ2n) is 4.28. The van der Waals surface area contributed by atoms with Crippen molar-refractivity contribution in [2.75, 3.05) is 5.32 Å². The molecular weight excluding hydrogens is 214 g/mol. The molecule has 3 nitrogen and oxygen atoms in total. The van der Waals surface area contributed by atoms with Gasteiger partial charge in [-0.1, -0.05) is 26.7 Å². The lowest BCUT2D eigenvalue weighted by Crippen LogP contribution is -2.22. The number of anilines is 1. The van der Waals surface area contributed by atoms with Crippen molar-refractivity contribution in [2.24, 2.45) is 5.92 Å². The van der Waals surface area contributed by atoms with Crippen LogP contribution < -0.4 is 5.32 Å². The Morgan fingerprint density at radius 3 is 2.47 bits per heavy atom. The first-order chi connectivity index (χ1) is 8.17. The first kappa shape index (κ1) is 13.6. The van der Waals surface area contributed by atoms with E-state index in [4.69, 9.17) is 5.11 Å². The molecule has 0 bridgehead atoms. The van der Waals surface area contributed by atoms with Crippen LogP contribution in [0.3, 0.4) is 0 Å². The Balaban J connectivity index is 2.54. The second-order valence-corrected chi connectivity index (χ2v) is 4.28. The van der Waals surface area contributed by atoms with E-state index in [9.17, 15) is 4.79 Å². The molecule has 1 amide bonds. The van der Waals surface area contributed by atoms with Crippen LogP contribution in [0.4, 0.5) is 5.69 Å². The molecule has 0 fully saturated rings. The summed E-state index contributed by atoms with van der Waals surface area (Å²) >= 11 is 0. The molecule has 0 saturated carbocycles. The number of phenolic OH excluding ortho intramolecular Hbond substituents is 1. The first-order valence-corrected chi connectivity index (χ1v) is 6.27. The van der Waals surface area contributed by atoms with Crippen LogP contribution in [0.15, 0.2) is 24.3 Å². The molecule has 1 atom stereocenters. The number of amides is 1. The van der Waals surface area contributed by atoms with Gasteiger partial charge in [-0.15, -0.1) is 0 Å². The monoisotopic (exact) mass is 235 g/mol. The fourth-order valence-corrected chi connectivity index (χ4v) is 1.76. The van der Waals surface area contributed by atoms with Crippen LogP contribution in [0.1, 0.15) is 39.5 Å². The van der Waals surface area contributed by atoms with Crippen LogP contribution in [0.2, 0.25) is 0 Å². The molecule has 1 aromatic carbocycles. The Labute approximate surface area is 103 Å². The molecule has 1 aromatic rings. The number of carbonyl (C=O) groups is 1. The minimum Gasteiger partial charge on any atom is -0.508 e. The van der Waals surface area contributed by atoms with Crippen LogP contribution in [-0.4, -0.2) is 11.0 Å². The molecule has 0 aromatic heterocycles. The maximum Gasteiger partial charge on any atom is 0.227 e. The highest BCUT2D eigenvalue weighted by Gasteiger charge is 2.15. The van der Waals surface area contributed by atoms with E-state index in [0.717, 1.165) is 31.4 Å². The predicted molar refractivity (Wildman–Crippen MR) is 70.0 cm³/mol. The zero-order valence-electron chi connectivity index (χ0n) is 10.6. The standard InChI is InChI=1S/C14H21NO2/c1-3-5-6-11(4-2)14(17)15-12-7-9-13(16)10-8-12/h7-11,16H,3-6H2,1-2H3,(H,15,17)/t11-/m1/s1. The first-order valence-electron chi connectivity index (χ1n) is 6.27. The van der Waals surface area contributed by atoms with Gasteiger partial charge < -0.3 is 10.4 Å². The molecule has 2 N–H and O–H groups in total. The molecule has 94 valence electrons. The third kappa shape index (κ3) is 4.47. The van der Waals surface area contributed by atoms with Crippen LogP contribution >= 0.6 is 0 Å². The Morgan fingerprint density at radius 2 is 1.94 bits per heavy atom. The van der Waals surface area contributed by atoms with E-state index >= 15 is 0 Å². The molecule has 3 heteroatoms. The van der Waals surface area contributed by atoms with E-state index in [-0.39, 0.29) is 17.6 Å². The number of carbonyl (C=O) groups excluding carboxylic acids is 1. The van der Waals surface area contributed by atoms with Gasteiger partial charge in [-0.05, 0) is 37.1 Å². The van der Waals surface area contributed by atoms with E-state index in [0.29, 0.717) is 0 Å². The zero-order valence-corrected chi connectivity index (χ0v) is 10.6. The number of rotatable bonds is 6. The number of hydrogen-bond acceptors (Lipinski definition) is 2. The molecule has 0 aliphatic heterocycles. The number of aromatic hydroxyl groups is 1. The van der Waals surface area contributed by atoms with Crippen LogP contribution in [0.25, 0.3) is 0 Å².